The second kappa shape index (κ2) is 20.0. The largest absolute Gasteiger partial charge is 0.396 e. The van der Waals surface area contributed by atoms with Gasteiger partial charge < -0.3 is 5.11 Å². The second-order valence-corrected chi connectivity index (χ2v) is 7.55. The summed E-state index contributed by atoms with van der Waals surface area (Å²) in [4.78, 5) is 0. The van der Waals surface area contributed by atoms with Gasteiger partial charge in [-0.05, 0) is 12.3 Å². The van der Waals surface area contributed by atoms with Gasteiger partial charge in [0, 0.05) is 6.61 Å². The van der Waals surface area contributed by atoms with Crippen molar-refractivity contribution < 1.29 is 5.11 Å². The van der Waals surface area contributed by atoms with Crippen LogP contribution < -0.4 is 0 Å². The highest BCUT2D eigenvalue weighted by molar-refractivity contribution is 4.62. The Bertz CT molecular complexity index is 186. The van der Waals surface area contributed by atoms with E-state index in [2.05, 4.69) is 13.8 Å². The summed E-state index contributed by atoms with van der Waals surface area (Å²) in [6.45, 7) is 4.96. The molecule has 0 radical (unpaired) electrons. The van der Waals surface area contributed by atoms with Crippen LogP contribution in [-0.2, 0) is 0 Å². The Morgan fingerprint density at radius 1 is 0.478 bits per heavy atom. The first kappa shape index (κ1) is 23.0. The number of rotatable bonds is 19. The molecule has 0 aromatic heterocycles. The summed E-state index contributed by atoms with van der Waals surface area (Å²) in [6, 6.07) is 0. The molecule has 0 fully saturated rings. The van der Waals surface area contributed by atoms with Crippen molar-refractivity contribution in [2.75, 3.05) is 6.61 Å². The Balaban J connectivity index is 3.70. The summed E-state index contributed by atoms with van der Waals surface area (Å²) in [7, 11) is 0. The predicted octanol–water partition coefficient (Wildman–Crippen LogP) is 7.66. The van der Waals surface area contributed by atoms with Gasteiger partial charge in [-0.15, -0.1) is 0 Å². The van der Waals surface area contributed by atoms with Gasteiger partial charge in [0.25, 0.3) is 0 Å². The molecular weight excluding hydrogens is 280 g/mol. The average molecular weight is 327 g/mol. The second-order valence-electron chi connectivity index (χ2n) is 7.55. The lowest BCUT2D eigenvalue weighted by Crippen LogP contribution is -2.02. The fourth-order valence-electron chi connectivity index (χ4n) is 3.58. The zero-order valence-electron chi connectivity index (χ0n) is 16.5. The molecule has 1 nitrogen and oxygen atoms in total. The van der Waals surface area contributed by atoms with Gasteiger partial charge in [-0.25, -0.2) is 0 Å². The SMILES string of the molecule is CCCCCCCCC(CCCCCO)CCCCCCCC. The van der Waals surface area contributed by atoms with E-state index in [1.807, 2.05) is 0 Å². The van der Waals surface area contributed by atoms with Crippen LogP contribution in [0.15, 0.2) is 0 Å². The van der Waals surface area contributed by atoms with Gasteiger partial charge in [-0.1, -0.05) is 123 Å². The molecule has 0 saturated carbocycles. The molecule has 1 N–H and O–H groups in total. The smallest absolute Gasteiger partial charge is 0.0431 e. The maximum atomic E-state index is 8.92. The van der Waals surface area contributed by atoms with Gasteiger partial charge in [0.2, 0.25) is 0 Å². The van der Waals surface area contributed by atoms with Crippen molar-refractivity contribution in [1.82, 2.24) is 0 Å². The lowest BCUT2D eigenvalue weighted by molar-refractivity contribution is 0.278. The molecule has 0 spiro atoms. The van der Waals surface area contributed by atoms with Crippen LogP contribution in [0.5, 0.6) is 0 Å². The van der Waals surface area contributed by atoms with E-state index in [4.69, 9.17) is 5.11 Å². The average Bonchev–Trinajstić information content (AvgIpc) is 2.57. The number of hydrogen-bond donors (Lipinski definition) is 1. The van der Waals surface area contributed by atoms with Gasteiger partial charge >= 0.3 is 0 Å². The summed E-state index contributed by atoms with van der Waals surface area (Å²) in [5.74, 6) is 0.964. The monoisotopic (exact) mass is 326 g/mol. The Morgan fingerprint density at radius 2 is 0.826 bits per heavy atom. The lowest BCUT2D eigenvalue weighted by atomic mass is 9.89. The molecule has 0 bridgehead atoms. The minimum Gasteiger partial charge on any atom is -0.396 e. The van der Waals surface area contributed by atoms with Crippen LogP contribution in [0, 0.1) is 5.92 Å². The standard InChI is InChI=1S/C22H46O/c1-3-5-7-9-11-14-18-22(20-16-13-17-21-23)19-15-12-10-8-6-4-2/h22-23H,3-21H2,1-2H3. The van der Waals surface area contributed by atoms with Gasteiger partial charge in [-0.3, -0.25) is 0 Å². The van der Waals surface area contributed by atoms with E-state index < -0.39 is 0 Å². The van der Waals surface area contributed by atoms with E-state index >= 15 is 0 Å². The van der Waals surface area contributed by atoms with Gasteiger partial charge in [0.05, 0.1) is 0 Å². The molecule has 0 atom stereocenters. The normalized spacial score (nSPS) is 11.5. The fraction of sp³-hybridized carbons (Fsp3) is 1.00. The Morgan fingerprint density at radius 3 is 1.22 bits per heavy atom. The number of unbranched alkanes of at least 4 members (excludes halogenated alkanes) is 12. The Labute approximate surface area is 147 Å². The van der Waals surface area contributed by atoms with Crippen LogP contribution in [0.2, 0.25) is 0 Å². The first-order chi connectivity index (χ1) is 11.3. The highest BCUT2D eigenvalue weighted by atomic mass is 16.2. The van der Waals surface area contributed by atoms with Crippen molar-refractivity contribution in [1.29, 1.82) is 0 Å². The predicted molar refractivity (Wildman–Crippen MR) is 105 cm³/mol. The van der Waals surface area contributed by atoms with Crippen molar-refractivity contribution in [2.45, 2.75) is 129 Å². The minimum absolute atomic E-state index is 0.375. The first-order valence-corrected chi connectivity index (χ1v) is 11.0. The van der Waals surface area contributed by atoms with Crippen LogP contribution in [0.3, 0.4) is 0 Å². The fourth-order valence-corrected chi connectivity index (χ4v) is 3.58. The molecule has 0 aliphatic carbocycles. The van der Waals surface area contributed by atoms with Crippen molar-refractivity contribution >= 4 is 0 Å². The Kier molecular flexibility index (Phi) is 20.0. The molecule has 0 aliphatic rings. The molecule has 0 saturated heterocycles. The minimum atomic E-state index is 0.375. The van der Waals surface area contributed by atoms with E-state index in [-0.39, 0.29) is 0 Å². The molecular formula is C22H46O. The highest BCUT2D eigenvalue weighted by Crippen LogP contribution is 2.24. The summed E-state index contributed by atoms with van der Waals surface area (Å²) in [5, 5.41) is 8.92. The third-order valence-corrected chi connectivity index (χ3v) is 5.20. The van der Waals surface area contributed by atoms with E-state index in [0.717, 1.165) is 12.3 Å². The van der Waals surface area contributed by atoms with E-state index in [0.29, 0.717) is 6.61 Å². The maximum Gasteiger partial charge on any atom is 0.0431 e. The molecule has 0 rings (SSSR count). The topological polar surface area (TPSA) is 20.2 Å². The van der Waals surface area contributed by atoms with E-state index in [1.165, 1.54) is 109 Å². The molecule has 0 aliphatic heterocycles. The molecule has 0 unspecified atom stereocenters. The molecule has 0 heterocycles. The van der Waals surface area contributed by atoms with Gasteiger partial charge in [-0.2, -0.15) is 0 Å². The van der Waals surface area contributed by atoms with Gasteiger partial charge in [0.1, 0.15) is 0 Å². The van der Waals surface area contributed by atoms with Crippen molar-refractivity contribution in [3.05, 3.63) is 0 Å². The van der Waals surface area contributed by atoms with Crippen LogP contribution >= 0.6 is 0 Å². The lowest BCUT2D eigenvalue weighted by Gasteiger charge is -2.17. The first-order valence-electron chi connectivity index (χ1n) is 11.0. The zero-order valence-corrected chi connectivity index (χ0v) is 16.5. The maximum absolute atomic E-state index is 8.92. The zero-order chi connectivity index (χ0) is 17.0. The molecule has 0 amide bonds. The van der Waals surface area contributed by atoms with Crippen LogP contribution in [-0.4, -0.2) is 11.7 Å². The molecule has 140 valence electrons. The summed E-state index contributed by atoms with van der Waals surface area (Å²) in [6.07, 6.45) is 25.0. The quantitative estimate of drug-likeness (QED) is 0.242. The number of aliphatic hydroxyl groups is 1. The van der Waals surface area contributed by atoms with Crippen molar-refractivity contribution in [3.8, 4) is 0 Å². The third kappa shape index (κ3) is 18.1. The third-order valence-electron chi connectivity index (χ3n) is 5.20. The summed E-state index contributed by atoms with van der Waals surface area (Å²) >= 11 is 0. The molecule has 1 heteroatoms. The van der Waals surface area contributed by atoms with Crippen LogP contribution in [0.1, 0.15) is 129 Å². The van der Waals surface area contributed by atoms with Crippen molar-refractivity contribution in [3.63, 3.8) is 0 Å². The molecule has 0 aromatic rings. The van der Waals surface area contributed by atoms with E-state index in [9.17, 15) is 0 Å². The van der Waals surface area contributed by atoms with E-state index in [1.54, 1.807) is 0 Å². The number of aliphatic hydroxyl groups excluding tert-OH is 1. The Hall–Kier alpha value is -0.0400. The van der Waals surface area contributed by atoms with Gasteiger partial charge in [0.15, 0.2) is 0 Å². The summed E-state index contributed by atoms with van der Waals surface area (Å²) in [5.41, 5.74) is 0. The van der Waals surface area contributed by atoms with Crippen LogP contribution in [0.25, 0.3) is 0 Å². The summed E-state index contributed by atoms with van der Waals surface area (Å²) < 4.78 is 0. The van der Waals surface area contributed by atoms with Crippen LogP contribution in [0.4, 0.5) is 0 Å². The molecule has 0 aromatic carbocycles. The molecule has 23 heavy (non-hydrogen) atoms. The highest BCUT2D eigenvalue weighted by Gasteiger charge is 2.08. The number of hydrogen-bond acceptors (Lipinski definition) is 1. The van der Waals surface area contributed by atoms with Crippen molar-refractivity contribution in [2.24, 2.45) is 5.92 Å².